The number of aliphatic hydroxyl groups is 1. The van der Waals surface area contributed by atoms with Gasteiger partial charge < -0.3 is 5.11 Å². The molecule has 1 aromatic rings. The molecule has 20 heavy (non-hydrogen) atoms. The third-order valence-electron chi connectivity index (χ3n) is 4.56. The minimum atomic E-state index is -0.363. The zero-order chi connectivity index (χ0) is 14.5. The fourth-order valence-electron chi connectivity index (χ4n) is 3.16. The van der Waals surface area contributed by atoms with Crippen LogP contribution in [0.15, 0.2) is 24.3 Å². The first-order valence-corrected chi connectivity index (χ1v) is 8.11. The van der Waals surface area contributed by atoms with Crippen LogP contribution in [0.2, 0.25) is 0 Å². The summed E-state index contributed by atoms with van der Waals surface area (Å²) in [4.78, 5) is 2.44. The van der Waals surface area contributed by atoms with Gasteiger partial charge in [-0.25, -0.2) is 0 Å². The second-order valence-electron chi connectivity index (χ2n) is 6.49. The fourth-order valence-corrected chi connectivity index (χ4v) is 3.16. The summed E-state index contributed by atoms with van der Waals surface area (Å²) < 4.78 is 0. The number of aliphatic hydroxyl groups excluding tert-OH is 1. The van der Waals surface area contributed by atoms with E-state index in [4.69, 9.17) is 0 Å². The van der Waals surface area contributed by atoms with E-state index in [1.807, 2.05) is 0 Å². The highest BCUT2D eigenvalue weighted by atomic mass is 16.3. The Morgan fingerprint density at radius 1 is 1.20 bits per heavy atom. The molecule has 1 fully saturated rings. The van der Waals surface area contributed by atoms with Gasteiger partial charge >= 0.3 is 0 Å². The van der Waals surface area contributed by atoms with Crippen LogP contribution in [0.3, 0.4) is 0 Å². The van der Waals surface area contributed by atoms with Gasteiger partial charge in [0.15, 0.2) is 0 Å². The van der Waals surface area contributed by atoms with Crippen molar-refractivity contribution < 1.29 is 5.11 Å². The molecule has 0 amide bonds. The summed E-state index contributed by atoms with van der Waals surface area (Å²) >= 11 is 0. The van der Waals surface area contributed by atoms with Crippen LogP contribution in [0, 0.1) is 5.92 Å². The number of piperidine rings is 1. The van der Waals surface area contributed by atoms with E-state index in [2.05, 4.69) is 49.9 Å². The SMILES string of the molecule is CCCc1ccc(C(O)CN2CC(C)CCC2C)cc1. The summed E-state index contributed by atoms with van der Waals surface area (Å²) in [5.74, 6) is 0.755. The standard InChI is InChI=1S/C18H29NO/c1-4-5-16-8-10-17(11-9-16)18(20)13-19-12-14(2)6-7-15(19)3/h8-11,14-15,18,20H,4-7,12-13H2,1-3H3. The molecule has 1 saturated heterocycles. The summed E-state index contributed by atoms with van der Waals surface area (Å²) in [6.45, 7) is 8.67. The van der Waals surface area contributed by atoms with Crippen molar-refractivity contribution in [3.63, 3.8) is 0 Å². The van der Waals surface area contributed by atoms with Crippen molar-refractivity contribution in [2.45, 2.75) is 58.6 Å². The van der Waals surface area contributed by atoms with Crippen molar-refractivity contribution in [3.05, 3.63) is 35.4 Å². The maximum atomic E-state index is 10.5. The first kappa shape index (κ1) is 15.5. The monoisotopic (exact) mass is 275 g/mol. The van der Waals surface area contributed by atoms with Gasteiger partial charge in [0.2, 0.25) is 0 Å². The number of hydrogen-bond acceptors (Lipinski definition) is 2. The normalized spacial score (nSPS) is 25.6. The van der Waals surface area contributed by atoms with E-state index >= 15 is 0 Å². The van der Waals surface area contributed by atoms with Gasteiger partial charge in [-0.3, -0.25) is 4.90 Å². The third kappa shape index (κ3) is 4.07. The molecule has 3 atom stereocenters. The largest absolute Gasteiger partial charge is 0.387 e. The first-order valence-electron chi connectivity index (χ1n) is 8.11. The van der Waals surface area contributed by atoms with Gasteiger partial charge in [0.1, 0.15) is 0 Å². The molecule has 1 aliphatic heterocycles. The molecule has 0 bridgehead atoms. The van der Waals surface area contributed by atoms with E-state index in [1.54, 1.807) is 0 Å². The molecule has 1 aliphatic rings. The number of hydrogen-bond donors (Lipinski definition) is 1. The Hall–Kier alpha value is -0.860. The highest BCUT2D eigenvalue weighted by Gasteiger charge is 2.24. The summed E-state index contributed by atoms with van der Waals surface area (Å²) in [6.07, 6.45) is 4.50. The minimum Gasteiger partial charge on any atom is -0.387 e. The van der Waals surface area contributed by atoms with Gasteiger partial charge in [-0.15, -0.1) is 0 Å². The molecule has 1 aromatic carbocycles. The Bertz CT molecular complexity index is 400. The number of nitrogens with zero attached hydrogens (tertiary/aromatic N) is 1. The van der Waals surface area contributed by atoms with Gasteiger partial charge in [0.05, 0.1) is 6.10 Å². The number of rotatable bonds is 5. The molecule has 0 saturated carbocycles. The van der Waals surface area contributed by atoms with E-state index < -0.39 is 0 Å². The number of aryl methyl sites for hydroxylation is 1. The molecule has 112 valence electrons. The van der Waals surface area contributed by atoms with E-state index in [0.29, 0.717) is 6.04 Å². The Kier molecular flexibility index (Phi) is 5.62. The molecule has 2 nitrogen and oxygen atoms in total. The Morgan fingerprint density at radius 3 is 2.55 bits per heavy atom. The van der Waals surface area contributed by atoms with Crippen LogP contribution in [0.1, 0.15) is 57.3 Å². The van der Waals surface area contributed by atoms with Crippen molar-refractivity contribution in [1.82, 2.24) is 4.90 Å². The lowest BCUT2D eigenvalue weighted by molar-refractivity contribution is 0.0568. The van der Waals surface area contributed by atoms with Crippen molar-refractivity contribution in [2.24, 2.45) is 5.92 Å². The summed E-state index contributed by atoms with van der Waals surface area (Å²) in [5, 5.41) is 10.5. The topological polar surface area (TPSA) is 23.5 Å². The Labute approximate surface area is 123 Å². The minimum absolute atomic E-state index is 0.363. The van der Waals surface area contributed by atoms with E-state index in [1.165, 1.54) is 24.8 Å². The van der Waals surface area contributed by atoms with Crippen molar-refractivity contribution >= 4 is 0 Å². The quantitative estimate of drug-likeness (QED) is 0.883. The Balaban J connectivity index is 1.94. The second-order valence-corrected chi connectivity index (χ2v) is 6.49. The lowest BCUT2D eigenvalue weighted by Gasteiger charge is -2.37. The summed E-state index contributed by atoms with van der Waals surface area (Å²) in [7, 11) is 0. The van der Waals surface area contributed by atoms with Gasteiger partial charge in [-0.2, -0.15) is 0 Å². The summed E-state index contributed by atoms with van der Waals surface area (Å²) in [6, 6.07) is 9.09. The average Bonchev–Trinajstić information content (AvgIpc) is 2.44. The number of benzene rings is 1. The van der Waals surface area contributed by atoms with E-state index in [9.17, 15) is 5.11 Å². The van der Waals surface area contributed by atoms with Crippen molar-refractivity contribution in [1.29, 1.82) is 0 Å². The zero-order valence-electron chi connectivity index (χ0n) is 13.2. The molecule has 1 N–H and O–H groups in total. The van der Waals surface area contributed by atoms with E-state index in [0.717, 1.165) is 31.0 Å². The van der Waals surface area contributed by atoms with Crippen LogP contribution in [0.4, 0.5) is 0 Å². The van der Waals surface area contributed by atoms with Crippen molar-refractivity contribution in [3.8, 4) is 0 Å². The highest BCUT2D eigenvalue weighted by Crippen LogP contribution is 2.24. The third-order valence-corrected chi connectivity index (χ3v) is 4.56. The molecule has 3 unspecified atom stereocenters. The first-order chi connectivity index (χ1) is 9.60. The van der Waals surface area contributed by atoms with Crippen LogP contribution in [-0.4, -0.2) is 29.1 Å². The molecule has 0 aromatic heterocycles. The molecule has 2 rings (SSSR count). The van der Waals surface area contributed by atoms with Crippen LogP contribution in [-0.2, 0) is 6.42 Å². The van der Waals surface area contributed by atoms with E-state index in [-0.39, 0.29) is 6.10 Å². The number of likely N-dealkylation sites (tertiary alicyclic amines) is 1. The maximum absolute atomic E-state index is 10.5. The molecule has 2 heteroatoms. The molecule has 1 heterocycles. The predicted molar refractivity (Wildman–Crippen MR) is 84.8 cm³/mol. The molecular formula is C18H29NO. The molecular weight excluding hydrogens is 246 g/mol. The zero-order valence-corrected chi connectivity index (χ0v) is 13.2. The lowest BCUT2D eigenvalue weighted by atomic mass is 9.94. The van der Waals surface area contributed by atoms with Gasteiger partial charge in [-0.1, -0.05) is 44.5 Å². The van der Waals surface area contributed by atoms with Gasteiger partial charge in [0.25, 0.3) is 0 Å². The lowest BCUT2D eigenvalue weighted by Crippen LogP contribution is -2.43. The van der Waals surface area contributed by atoms with Gasteiger partial charge in [-0.05, 0) is 43.2 Å². The highest BCUT2D eigenvalue weighted by molar-refractivity contribution is 5.24. The van der Waals surface area contributed by atoms with Gasteiger partial charge in [0, 0.05) is 19.1 Å². The number of β-amino-alcohol motifs (C(OH)–C–C–N with tert-alkyl or cyclic N) is 1. The Morgan fingerprint density at radius 2 is 1.90 bits per heavy atom. The molecule has 0 aliphatic carbocycles. The molecule has 0 spiro atoms. The maximum Gasteiger partial charge on any atom is 0.0917 e. The predicted octanol–water partition coefficient (Wildman–Crippen LogP) is 3.79. The second kappa shape index (κ2) is 7.24. The van der Waals surface area contributed by atoms with Crippen LogP contribution >= 0.6 is 0 Å². The van der Waals surface area contributed by atoms with Crippen LogP contribution < -0.4 is 0 Å². The van der Waals surface area contributed by atoms with Crippen LogP contribution in [0.5, 0.6) is 0 Å². The van der Waals surface area contributed by atoms with Crippen molar-refractivity contribution in [2.75, 3.05) is 13.1 Å². The fraction of sp³-hybridized carbons (Fsp3) is 0.667. The average molecular weight is 275 g/mol. The molecule has 0 radical (unpaired) electrons. The van der Waals surface area contributed by atoms with Crippen LogP contribution in [0.25, 0.3) is 0 Å². The summed E-state index contributed by atoms with van der Waals surface area (Å²) in [5.41, 5.74) is 2.42. The smallest absolute Gasteiger partial charge is 0.0917 e.